The molecule has 126 valence electrons. The average Bonchev–Trinajstić information content (AvgIpc) is 2.98. The van der Waals surface area contributed by atoms with E-state index in [1.165, 1.54) is 0 Å². The Labute approximate surface area is 135 Å². The van der Waals surface area contributed by atoms with Gasteiger partial charge in [-0.1, -0.05) is 0 Å². The summed E-state index contributed by atoms with van der Waals surface area (Å²) in [5.41, 5.74) is -0.274. The maximum Gasteiger partial charge on any atom is 0.228 e. The molecular formula is C16H24N4O3. The Balaban J connectivity index is 1.37. The second kappa shape index (κ2) is 6.22. The van der Waals surface area contributed by atoms with Crippen molar-refractivity contribution in [2.45, 2.75) is 31.5 Å². The molecular weight excluding hydrogens is 296 g/mol. The third-order valence-corrected chi connectivity index (χ3v) is 5.24. The molecule has 1 aromatic heterocycles. The summed E-state index contributed by atoms with van der Waals surface area (Å²) in [5, 5.41) is 7.49. The van der Waals surface area contributed by atoms with Gasteiger partial charge in [0.1, 0.15) is 0 Å². The lowest BCUT2D eigenvalue weighted by Gasteiger charge is -2.35. The van der Waals surface area contributed by atoms with E-state index in [2.05, 4.69) is 15.3 Å². The van der Waals surface area contributed by atoms with Crippen LogP contribution in [0.4, 0.5) is 0 Å². The normalized spacial score (nSPS) is 30.3. The number of nitrogens with zero attached hydrogens (tertiary/aromatic N) is 3. The van der Waals surface area contributed by atoms with Gasteiger partial charge in [-0.15, -0.1) is 0 Å². The first-order valence-corrected chi connectivity index (χ1v) is 8.45. The van der Waals surface area contributed by atoms with Crippen LogP contribution in [0.5, 0.6) is 0 Å². The second-order valence-electron chi connectivity index (χ2n) is 6.82. The van der Waals surface area contributed by atoms with Gasteiger partial charge in [0.25, 0.3) is 0 Å². The Hall–Kier alpha value is -1.44. The Morgan fingerprint density at radius 2 is 2.09 bits per heavy atom. The van der Waals surface area contributed by atoms with Crippen LogP contribution in [0.1, 0.15) is 12.8 Å². The molecule has 1 N–H and O–H groups in total. The molecule has 0 radical (unpaired) electrons. The van der Waals surface area contributed by atoms with E-state index in [9.17, 15) is 4.79 Å². The van der Waals surface area contributed by atoms with Gasteiger partial charge in [0.15, 0.2) is 0 Å². The molecule has 3 aliphatic rings. The molecule has 2 atom stereocenters. The van der Waals surface area contributed by atoms with Crippen molar-refractivity contribution in [2.75, 3.05) is 39.5 Å². The summed E-state index contributed by atoms with van der Waals surface area (Å²) in [7, 11) is 0. The zero-order valence-electron chi connectivity index (χ0n) is 13.3. The van der Waals surface area contributed by atoms with Gasteiger partial charge in [-0.2, -0.15) is 5.10 Å². The number of hydrogen-bond acceptors (Lipinski definition) is 5. The average molecular weight is 320 g/mol. The van der Waals surface area contributed by atoms with E-state index in [1.807, 2.05) is 16.9 Å². The van der Waals surface area contributed by atoms with E-state index in [0.29, 0.717) is 19.8 Å². The van der Waals surface area contributed by atoms with E-state index in [1.54, 1.807) is 6.20 Å². The van der Waals surface area contributed by atoms with E-state index in [4.69, 9.17) is 9.47 Å². The number of carbonyl (C=O) groups is 1. The standard InChI is InChI=1S/C16H24N4O3/c21-15(16(2-3-16)12-20-5-1-4-17-20)18-13-10-23-11-14(13)19-6-8-22-9-7-19/h1,4-5,13-14H,2-3,6-12H2,(H,18,21)/t13-,14-/m0/s1. The van der Waals surface area contributed by atoms with Crippen LogP contribution in [0, 0.1) is 5.41 Å². The monoisotopic (exact) mass is 320 g/mol. The number of amides is 1. The van der Waals surface area contributed by atoms with Gasteiger partial charge < -0.3 is 14.8 Å². The van der Waals surface area contributed by atoms with Crippen LogP contribution in [0.15, 0.2) is 18.5 Å². The van der Waals surface area contributed by atoms with Gasteiger partial charge in [0, 0.05) is 25.5 Å². The number of carbonyl (C=O) groups excluding carboxylic acids is 1. The maximum atomic E-state index is 12.8. The Morgan fingerprint density at radius 1 is 1.26 bits per heavy atom. The zero-order chi connectivity index (χ0) is 15.7. The fourth-order valence-electron chi connectivity index (χ4n) is 3.58. The minimum Gasteiger partial charge on any atom is -0.379 e. The molecule has 0 unspecified atom stereocenters. The van der Waals surface area contributed by atoms with Gasteiger partial charge in [-0.25, -0.2) is 0 Å². The first-order chi connectivity index (χ1) is 11.3. The smallest absolute Gasteiger partial charge is 0.228 e. The van der Waals surface area contributed by atoms with Crippen LogP contribution in [0.3, 0.4) is 0 Å². The minimum absolute atomic E-state index is 0.0793. The van der Waals surface area contributed by atoms with Crippen molar-refractivity contribution < 1.29 is 14.3 Å². The van der Waals surface area contributed by atoms with Crippen molar-refractivity contribution in [3.63, 3.8) is 0 Å². The second-order valence-corrected chi connectivity index (χ2v) is 6.82. The fraction of sp³-hybridized carbons (Fsp3) is 0.750. The Kier molecular flexibility index (Phi) is 4.09. The predicted molar refractivity (Wildman–Crippen MR) is 82.8 cm³/mol. The van der Waals surface area contributed by atoms with Crippen LogP contribution in [-0.4, -0.2) is 72.2 Å². The SMILES string of the molecule is O=C(N[C@H]1COC[C@@H]1N1CCOCC1)C1(Cn2cccn2)CC1. The van der Waals surface area contributed by atoms with Gasteiger partial charge >= 0.3 is 0 Å². The summed E-state index contributed by atoms with van der Waals surface area (Å²) in [6.07, 6.45) is 5.55. The van der Waals surface area contributed by atoms with Gasteiger partial charge in [-0.05, 0) is 18.9 Å². The molecule has 23 heavy (non-hydrogen) atoms. The number of ether oxygens (including phenoxy) is 2. The van der Waals surface area contributed by atoms with Gasteiger partial charge in [-0.3, -0.25) is 14.4 Å². The van der Waals surface area contributed by atoms with E-state index < -0.39 is 0 Å². The molecule has 2 saturated heterocycles. The van der Waals surface area contributed by atoms with Crippen LogP contribution in [0.2, 0.25) is 0 Å². The highest BCUT2D eigenvalue weighted by Crippen LogP contribution is 2.47. The third kappa shape index (κ3) is 3.13. The lowest BCUT2D eigenvalue weighted by molar-refractivity contribution is -0.128. The molecule has 3 heterocycles. The van der Waals surface area contributed by atoms with Gasteiger partial charge in [0.05, 0.1) is 50.5 Å². The number of hydrogen-bond donors (Lipinski definition) is 1. The summed E-state index contributed by atoms with van der Waals surface area (Å²) < 4.78 is 12.9. The van der Waals surface area contributed by atoms with Crippen molar-refractivity contribution in [1.29, 1.82) is 0 Å². The summed E-state index contributed by atoms with van der Waals surface area (Å²) in [6.45, 7) is 5.32. The predicted octanol–water partition coefficient (Wildman–Crippen LogP) is -0.121. The maximum absolute atomic E-state index is 12.8. The number of aromatic nitrogens is 2. The molecule has 4 rings (SSSR count). The summed E-state index contributed by atoms with van der Waals surface area (Å²) in [6, 6.07) is 2.24. The van der Waals surface area contributed by atoms with E-state index in [0.717, 1.165) is 39.1 Å². The lowest BCUT2D eigenvalue weighted by atomic mass is 10.0. The number of nitrogens with one attached hydrogen (secondary N) is 1. The van der Waals surface area contributed by atoms with E-state index in [-0.39, 0.29) is 23.4 Å². The molecule has 3 fully saturated rings. The minimum atomic E-state index is -0.274. The molecule has 2 aliphatic heterocycles. The van der Waals surface area contributed by atoms with Crippen LogP contribution < -0.4 is 5.32 Å². The van der Waals surface area contributed by atoms with Crippen molar-refractivity contribution in [2.24, 2.45) is 5.41 Å². The highest BCUT2D eigenvalue weighted by molar-refractivity contribution is 5.85. The summed E-state index contributed by atoms with van der Waals surface area (Å²) in [4.78, 5) is 15.2. The molecule has 1 aliphatic carbocycles. The first-order valence-electron chi connectivity index (χ1n) is 8.45. The Bertz CT molecular complexity index is 538. The van der Waals surface area contributed by atoms with Crippen molar-refractivity contribution >= 4 is 5.91 Å². The van der Waals surface area contributed by atoms with Crippen LogP contribution in [0.25, 0.3) is 0 Å². The highest BCUT2D eigenvalue weighted by atomic mass is 16.5. The third-order valence-electron chi connectivity index (χ3n) is 5.24. The highest BCUT2D eigenvalue weighted by Gasteiger charge is 2.51. The fourth-order valence-corrected chi connectivity index (χ4v) is 3.58. The molecule has 0 aromatic carbocycles. The molecule has 1 aromatic rings. The number of morpholine rings is 1. The van der Waals surface area contributed by atoms with Crippen molar-refractivity contribution in [3.05, 3.63) is 18.5 Å². The van der Waals surface area contributed by atoms with Crippen LogP contribution >= 0.6 is 0 Å². The summed E-state index contributed by atoms with van der Waals surface area (Å²) in [5.74, 6) is 0.154. The molecule has 0 spiro atoms. The Morgan fingerprint density at radius 3 is 2.78 bits per heavy atom. The van der Waals surface area contributed by atoms with Gasteiger partial charge in [0.2, 0.25) is 5.91 Å². The number of rotatable bonds is 5. The molecule has 7 nitrogen and oxygen atoms in total. The molecule has 0 bridgehead atoms. The van der Waals surface area contributed by atoms with Crippen molar-refractivity contribution in [3.8, 4) is 0 Å². The molecule has 7 heteroatoms. The lowest BCUT2D eigenvalue weighted by Crippen LogP contribution is -2.55. The largest absolute Gasteiger partial charge is 0.379 e. The van der Waals surface area contributed by atoms with Crippen LogP contribution in [-0.2, 0) is 20.8 Å². The summed E-state index contributed by atoms with van der Waals surface area (Å²) >= 11 is 0. The topological polar surface area (TPSA) is 68.6 Å². The first kappa shape index (κ1) is 15.1. The zero-order valence-corrected chi connectivity index (χ0v) is 13.3. The quantitative estimate of drug-likeness (QED) is 0.819. The van der Waals surface area contributed by atoms with E-state index >= 15 is 0 Å². The van der Waals surface area contributed by atoms with Crippen molar-refractivity contribution in [1.82, 2.24) is 20.0 Å². The molecule has 1 saturated carbocycles. The molecule has 1 amide bonds.